The molecule has 3 heterocycles. The highest BCUT2D eigenvalue weighted by atomic mass is 16.5. The van der Waals surface area contributed by atoms with Crippen molar-refractivity contribution in [3.63, 3.8) is 0 Å². The van der Waals surface area contributed by atoms with Crippen LogP contribution in [-0.2, 0) is 24.3 Å². The molecule has 184 valence electrons. The number of amides is 1. The second-order valence-electron chi connectivity index (χ2n) is 8.86. The van der Waals surface area contributed by atoms with E-state index in [2.05, 4.69) is 21.4 Å². The van der Waals surface area contributed by atoms with Gasteiger partial charge in [0.25, 0.3) is 5.56 Å². The molecule has 1 aliphatic heterocycles. The topological polar surface area (TPSA) is 115 Å². The molecule has 0 bridgehead atoms. The molecule has 1 atom stereocenters. The number of carbonyl (C=O) groups is 1. The first-order valence-electron chi connectivity index (χ1n) is 11.8. The Morgan fingerprint density at radius 1 is 1.29 bits per heavy atom. The van der Waals surface area contributed by atoms with Gasteiger partial charge in [-0.05, 0) is 62.1 Å². The molecule has 0 aliphatic carbocycles. The van der Waals surface area contributed by atoms with Gasteiger partial charge in [0.05, 0.1) is 13.3 Å². The number of fused-ring (bicyclic) bond motifs is 1. The number of benzene rings is 1. The lowest BCUT2D eigenvalue weighted by molar-refractivity contribution is -0.124. The SMILES string of the molecule is CCN(Cc1cc(C)cc(OC)c1)c1cnc2n(c1=O)[C@H](C(=O)NCc1ccc(N)nc1C)CC2. The number of hydrogen-bond acceptors (Lipinski definition) is 7. The summed E-state index contributed by atoms with van der Waals surface area (Å²) in [5, 5.41) is 2.96. The van der Waals surface area contributed by atoms with Crippen LogP contribution in [0, 0.1) is 13.8 Å². The van der Waals surface area contributed by atoms with Crippen LogP contribution in [0.3, 0.4) is 0 Å². The molecule has 0 spiro atoms. The number of nitrogens with zero attached hydrogens (tertiary/aromatic N) is 4. The summed E-state index contributed by atoms with van der Waals surface area (Å²) in [5.74, 6) is 1.66. The summed E-state index contributed by atoms with van der Waals surface area (Å²) >= 11 is 0. The first-order chi connectivity index (χ1) is 16.8. The third-order valence-electron chi connectivity index (χ3n) is 6.42. The van der Waals surface area contributed by atoms with Crippen LogP contribution in [0.1, 0.15) is 47.6 Å². The first-order valence-corrected chi connectivity index (χ1v) is 11.8. The third-order valence-corrected chi connectivity index (χ3v) is 6.42. The van der Waals surface area contributed by atoms with E-state index in [1.807, 2.05) is 43.9 Å². The maximum absolute atomic E-state index is 13.6. The zero-order chi connectivity index (χ0) is 25.1. The van der Waals surface area contributed by atoms with Crippen molar-refractivity contribution in [2.24, 2.45) is 0 Å². The fourth-order valence-corrected chi connectivity index (χ4v) is 4.58. The van der Waals surface area contributed by atoms with Crippen LogP contribution in [0.2, 0.25) is 0 Å². The number of carbonyl (C=O) groups excluding carboxylic acids is 1. The summed E-state index contributed by atoms with van der Waals surface area (Å²) in [4.78, 5) is 37.4. The molecule has 0 saturated heterocycles. The number of ether oxygens (including phenoxy) is 1. The van der Waals surface area contributed by atoms with Gasteiger partial charge in [-0.1, -0.05) is 12.1 Å². The van der Waals surface area contributed by atoms with Gasteiger partial charge in [-0.2, -0.15) is 0 Å². The minimum atomic E-state index is -0.593. The summed E-state index contributed by atoms with van der Waals surface area (Å²) < 4.78 is 6.95. The van der Waals surface area contributed by atoms with E-state index >= 15 is 0 Å². The number of pyridine rings is 1. The monoisotopic (exact) mass is 476 g/mol. The lowest BCUT2D eigenvalue weighted by Crippen LogP contribution is -2.38. The second-order valence-corrected chi connectivity index (χ2v) is 8.86. The highest BCUT2D eigenvalue weighted by molar-refractivity contribution is 5.81. The number of rotatable bonds is 8. The number of aryl methyl sites for hydroxylation is 3. The Labute approximate surface area is 205 Å². The normalized spacial score (nSPS) is 14.5. The van der Waals surface area contributed by atoms with Crippen molar-refractivity contribution in [2.45, 2.75) is 52.7 Å². The van der Waals surface area contributed by atoms with Crippen molar-refractivity contribution in [2.75, 3.05) is 24.3 Å². The van der Waals surface area contributed by atoms with Crippen LogP contribution in [0.25, 0.3) is 0 Å². The summed E-state index contributed by atoms with van der Waals surface area (Å²) in [7, 11) is 1.64. The van der Waals surface area contributed by atoms with E-state index in [4.69, 9.17) is 10.5 Å². The molecule has 0 saturated carbocycles. The smallest absolute Gasteiger partial charge is 0.277 e. The highest BCUT2D eigenvalue weighted by Gasteiger charge is 2.31. The largest absolute Gasteiger partial charge is 0.497 e. The van der Waals surface area contributed by atoms with Crippen LogP contribution in [0.15, 0.2) is 41.3 Å². The Morgan fingerprint density at radius 2 is 2.09 bits per heavy atom. The quantitative estimate of drug-likeness (QED) is 0.514. The maximum atomic E-state index is 13.6. The van der Waals surface area contributed by atoms with E-state index in [9.17, 15) is 9.59 Å². The molecule has 0 radical (unpaired) electrons. The molecule has 3 N–H and O–H groups in total. The predicted octanol–water partition coefficient (Wildman–Crippen LogP) is 2.68. The van der Waals surface area contributed by atoms with Gasteiger partial charge in [0.1, 0.15) is 29.1 Å². The molecule has 0 fully saturated rings. The predicted molar refractivity (Wildman–Crippen MR) is 136 cm³/mol. The van der Waals surface area contributed by atoms with Crippen molar-refractivity contribution in [3.05, 3.63) is 75.1 Å². The van der Waals surface area contributed by atoms with Crippen molar-refractivity contribution in [1.29, 1.82) is 0 Å². The van der Waals surface area contributed by atoms with Gasteiger partial charge in [-0.15, -0.1) is 0 Å². The summed E-state index contributed by atoms with van der Waals surface area (Å²) in [6.07, 6.45) is 2.75. The minimum absolute atomic E-state index is 0.195. The fraction of sp³-hybridized carbons (Fsp3) is 0.385. The Morgan fingerprint density at radius 3 is 2.80 bits per heavy atom. The van der Waals surface area contributed by atoms with Crippen molar-refractivity contribution in [1.82, 2.24) is 19.9 Å². The fourth-order valence-electron chi connectivity index (χ4n) is 4.58. The number of hydrogen-bond donors (Lipinski definition) is 2. The molecule has 0 unspecified atom stereocenters. The van der Waals surface area contributed by atoms with Gasteiger partial charge in [0.15, 0.2) is 0 Å². The van der Waals surface area contributed by atoms with Crippen LogP contribution in [-0.4, -0.2) is 34.1 Å². The Kier molecular flexibility index (Phi) is 7.04. The first kappa shape index (κ1) is 24.3. The molecule has 35 heavy (non-hydrogen) atoms. The van der Waals surface area contributed by atoms with Crippen molar-refractivity contribution in [3.8, 4) is 5.75 Å². The molecule has 1 aromatic carbocycles. The van der Waals surface area contributed by atoms with E-state index in [1.165, 1.54) is 0 Å². The number of nitrogens with one attached hydrogen (secondary N) is 1. The van der Waals surface area contributed by atoms with Gasteiger partial charge in [-0.25, -0.2) is 9.97 Å². The number of methoxy groups -OCH3 is 1. The van der Waals surface area contributed by atoms with E-state index in [-0.39, 0.29) is 11.5 Å². The molecule has 9 heteroatoms. The molecule has 2 aromatic heterocycles. The lowest BCUT2D eigenvalue weighted by Gasteiger charge is -2.24. The van der Waals surface area contributed by atoms with Crippen LogP contribution in [0.4, 0.5) is 11.5 Å². The summed E-state index contributed by atoms with van der Waals surface area (Å²) in [6.45, 7) is 7.34. The Balaban J connectivity index is 1.56. The van der Waals surface area contributed by atoms with Gasteiger partial charge >= 0.3 is 0 Å². The number of nitrogen functional groups attached to an aromatic ring is 1. The van der Waals surface area contributed by atoms with E-state index in [1.54, 1.807) is 23.9 Å². The number of aromatic nitrogens is 3. The van der Waals surface area contributed by atoms with E-state index in [0.29, 0.717) is 49.8 Å². The molecular formula is C26H32N6O3. The molecule has 4 rings (SSSR count). The van der Waals surface area contributed by atoms with Crippen LogP contribution < -0.4 is 26.2 Å². The number of nitrogens with two attached hydrogens (primary N) is 1. The molecule has 1 aliphatic rings. The molecule has 1 amide bonds. The number of anilines is 2. The zero-order valence-electron chi connectivity index (χ0n) is 20.7. The zero-order valence-corrected chi connectivity index (χ0v) is 20.7. The van der Waals surface area contributed by atoms with E-state index in [0.717, 1.165) is 28.1 Å². The lowest BCUT2D eigenvalue weighted by atomic mass is 10.1. The van der Waals surface area contributed by atoms with Crippen LogP contribution >= 0.6 is 0 Å². The third kappa shape index (κ3) is 5.13. The van der Waals surface area contributed by atoms with Gasteiger partial charge in [0.2, 0.25) is 5.91 Å². The van der Waals surface area contributed by atoms with Crippen LogP contribution in [0.5, 0.6) is 5.75 Å². The standard InChI is InChI=1S/C26H32N6O3/c1-5-31(15-18-10-16(2)11-20(12-18)35-4)22-14-28-24-9-7-21(32(24)26(22)34)25(33)29-13-19-6-8-23(27)30-17(19)3/h6,8,10-12,14,21H,5,7,9,13,15H2,1-4H3,(H2,27,30)(H,29,33)/t21-/m0/s1. The van der Waals surface area contributed by atoms with E-state index < -0.39 is 6.04 Å². The van der Waals surface area contributed by atoms with Gasteiger partial charge in [-0.3, -0.25) is 14.2 Å². The molecule has 3 aromatic rings. The summed E-state index contributed by atoms with van der Waals surface area (Å²) in [6, 6.07) is 8.99. The molecule has 9 nitrogen and oxygen atoms in total. The average Bonchev–Trinajstić information content (AvgIpc) is 3.27. The Hall–Kier alpha value is -3.88. The van der Waals surface area contributed by atoms with Crippen molar-refractivity contribution >= 4 is 17.4 Å². The van der Waals surface area contributed by atoms with Gasteiger partial charge < -0.3 is 20.7 Å². The summed E-state index contributed by atoms with van der Waals surface area (Å²) in [5.41, 5.74) is 9.78. The minimum Gasteiger partial charge on any atom is -0.497 e. The Bertz CT molecular complexity index is 1300. The maximum Gasteiger partial charge on any atom is 0.277 e. The highest BCUT2D eigenvalue weighted by Crippen LogP contribution is 2.25. The van der Waals surface area contributed by atoms with Gasteiger partial charge in [0, 0.05) is 31.7 Å². The second kappa shape index (κ2) is 10.2. The molecular weight excluding hydrogens is 444 g/mol. The average molecular weight is 477 g/mol. The van der Waals surface area contributed by atoms with Crippen molar-refractivity contribution < 1.29 is 9.53 Å².